The van der Waals surface area contributed by atoms with Crippen LogP contribution >= 0.6 is 0 Å². The van der Waals surface area contributed by atoms with Crippen LogP contribution in [0.1, 0.15) is 18.5 Å². The van der Waals surface area contributed by atoms with E-state index in [2.05, 4.69) is 82.9 Å². The molecule has 0 saturated heterocycles. The molecule has 0 unspecified atom stereocenters. The summed E-state index contributed by atoms with van der Waals surface area (Å²) in [5.41, 5.74) is 5.27. The fourth-order valence-electron chi connectivity index (χ4n) is 3.72. The largest absolute Gasteiger partial charge is 0.295 e. The average molecular weight is 271 g/mol. The standard InChI is InChI=1S/C19H15N2/c1-13-14-7-2-4-10-17(14)21-18-11-5-3-8-15(18)16-9-6-12-20(13)19(16)21/h2-13H,1H3/q+1/t13-/m1/s1. The Labute approximate surface area is 122 Å². The van der Waals surface area contributed by atoms with Crippen LogP contribution in [-0.4, -0.2) is 4.57 Å². The molecular formula is C19H15N2+. The van der Waals surface area contributed by atoms with Crippen molar-refractivity contribution in [2.24, 2.45) is 0 Å². The van der Waals surface area contributed by atoms with Crippen molar-refractivity contribution >= 4 is 21.9 Å². The van der Waals surface area contributed by atoms with E-state index in [1.54, 1.807) is 0 Å². The van der Waals surface area contributed by atoms with Gasteiger partial charge in [-0.3, -0.25) is 0 Å². The maximum Gasteiger partial charge on any atom is 0.295 e. The molecule has 5 rings (SSSR count). The van der Waals surface area contributed by atoms with E-state index in [1.807, 2.05) is 0 Å². The second-order valence-electron chi connectivity index (χ2n) is 5.74. The first-order valence-corrected chi connectivity index (χ1v) is 7.39. The van der Waals surface area contributed by atoms with E-state index in [0.29, 0.717) is 6.04 Å². The topological polar surface area (TPSA) is 8.81 Å². The molecule has 1 aliphatic rings. The van der Waals surface area contributed by atoms with Gasteiger partial charge in [-0.2, -0.15) is 4.57 Å². The first kappa shape index (κ1) is 11.1. The van der Waals surface area contributed by atoms with Gasteiger partial charge in [0.1, 0.15) is 17.2 Å². The lowest BCUT2D eigenvalue weighted by atomic mass is 10.0. The van der Waals surface area contributed by atoms with Crippen LogP contribution in [0.4, 0.5) is 0 Å². The summed E-state index contributed by atoms with van der Waals surface area (Å²) in [5.74, 6) is 0. The van der Waals surface area contributed by atoms with Crippen molar-refractivity contribution in [1.29, 1.82) is 0 Å². The second-order valence-corrected chi connectivity index (χ2v) is 5.74. The summed E-state index contributed by atoms with van der Waals surface area (Å²) in [6.45, 7) is 2.28. The van der Waals surface area contributed by atoms with Gasteiger partial charge in [0.25, 0.3) is 5.65 Å². The molecule has 21 heavy (non-hydrogen) atoms. The zero-order chi connectivity index (χ0) is 14.0. The maximum absolute atomic E-state index is 2.40. The van der Waals surface area contributed by atoms with Crippen molar-refractivity contribution in [3.63, 3.8) is 0 Å². The fourth-order valence-corrected chi connectivity index (χ4v) is 3.72. The number of hydrogen-bond donors (Lipinski definition) is 0. The Morgan fingerprint density at radius 1 is 0.857 bits per heavy atom. The SMILES string of the molecule is C[C@@H]1c2ccccc2-n2c3ccccc3c3ccc[n+]1c32. The molecule has 3 heterocycles. The van der Waals surface area contributed by atoms with Crippen LogP contribution in [0.3, 0.4) is 0 Å². The zero-order valence-electron chi connectivity index (χ0n) is 11.8. The van der Waals surface area contributed by atoms with Gasteiger partial charge in [-0.25, -0.2) is 4.57 Å². The predicted octanol–water partition coefficient (Wildman–Crippen LogP) is 3.99. The minimum absolute atomic E-state index is 0.363. The first-order valence-electron chi connectivity index (χ1n) is 7.39. The van der Waals surface area contributed by atoms with Gasteiger partial charge < -0.3 is 0 Å². The van der Waals surface area contributed by atoms with E-state index in [-0.39, 0.29) is 0 Å². The van der Waals surface area contributed by atoms with Crippen LogP contribution in [0.25, 0.3) is 27.6 Å². The van der Waals surface area contributed by atoms with E-state index in [1.165, 1.54) is 33.2 Å². The third-order valence-corrected chi connectivity index (χ3v) is 4.69. The predicted molar refractivity (Wildman–Crippen MR) is 84.8 cm³/mol. The molecule has 2 aromatic carbocycles. The highest BCUT2D eigenvalue weighted by Gasteiger charge is 2.32. The number of rotatable bonds is 0. The number of nitrogens with zero attached hydrogens (tertiary/aromatic N) is 2. The van der Waals surface area contributed by atoms with Gasteiger partial charge in [0.15, 0.2) is 0 Å². The van der Waals surface area contributed by atoms with Gasteiger partial charge in [-0.05, 0) is 37.3 Å². The van der Waals surface area contributed by atoms with E-state index in [9.17, 15) is 0 Å². The minimum atomic E-state index is 0.363. The molecule has 0 amide bonds. The lowest BCUT2D eigenvalue weighted by Gasteiger charge is -2.20. The van der Waals surface area contributed by atoms with Gasteiger partial charge in [0.2, 0.25) is 0 Å². The molecule has 100 valence electrons. The van der Waals surface area contributed by atoms with Crippen LogP contribution in [0.2, 0.25) is 0 Å². The van der Waals surface area contributed by atoms with Crippen LogP contribution in [0.5, 0.6) is 0 Å². The number of fused-ring (bicyclic) bond motifs is 5. The number of benzene rings is 2. The average Bonchev–Trinajstić information content (AvgIpc) is 2.88. The van der Waals surface area contributed by atoms with Crippen LogP contribution in [0.15, 0.2) is 66.9 Å². The van der Waals surface area contributed by atoms with Crippen molar-refractivity contribution in [2.45, 2.75) is 13.0 Å². The Morgan fingerprint density at radius 2 is 1.62 bits per heavy atom. The lowest BCUT2D eigenvalue weighted by molar-refractivity contribution is -0.689. The Balaban J connectivity index is 2.13. The third kappa shape index (κ3) is 1.25. The molecule has 0 saturated carbocycles. The van der Waals surface area contributed by atoms with Crippen molar-refractivity contribution in [3.8, 4) is 5.69 Å². The second kappa shape index (κ2) is 3.73. The van der Waals surface area contributed by atoms with E-state index >= 15 is 0 Å². The quantitative estimate of drug-likeness (QED) is 0.428. The Bertz CT molecular complexity index is 1010. The van der Waals surface area contributed by atoms with Gasteiger partial charge in [-0.1, -0.05) is 30.3 Å². The molecule has 2 heteroatoms. The highest BCUT2D eigenvalue weighted by Crippen LogP contribution is 2.36. The van der Waals surface area contributed by atoms with Gasteiger partial charge in [-0.15, -0.1) is 0 Å². The molecule has 0 fully saturated rings. The van der Waals surface area contributed by atoms with Crippen LogP contribution in [-0.2, 0) is 0 Å². The summed E-state index contributed by atoms with van der Waals surface area (Å²) in [5, 5.41) is 2.65. The Hall–Kier alpha value is -2.61. The molecule has 4 aromatic rings. The molecule has 1 aliphatic heterocycles. The molecule has 0 radical (unpaired) electrons. The van der Waals surface area contributed by atoms with Crippen LogP contribution < -0.4 is 4.57 Å². The molecule has 0 aliphatic carbocycles. The minimum Gasteiger partial charge on any atom is -0.227 e. The first-order chi connectivity index (χ1) is 10.4. The zero-order valence-corrected chi connectivity index (χ0v) is 11.8. The van der Waals surface area contributed by atoms with Gasteiger partial charge in [0.05, 0.1) is 11.6 Å². The van der Waals surface area contributed by atoms with Crippen molar-refractivity contribution in [1.82, 2.24) is 4.57 Å². The Kier molecular flexibility index (Phi) is 1.97. The molecule has 2 nitrogen and oxygen atoms in total. The summed E-state index contributed by atoms with van der Waals surface area (Å²) in [6, 6.07) is 22.2. The number of pyridine rings is 1. The van der Waals surface area contributed by atoms with Crippen molar-refractivity contribution < 1.29 is 4.57 Å². The molecule has 2 aromatic heterocycles. The van der Waals surface area contributed by atoms with Crippen molar-refractivity contribution in [3.05, 3.63) is 72.4 Å². The number of para-hydroxylation sites is 2. The summed E-state index contributed by atoms with van der Waals surface area (Å²) in [6.07, 6.45) is 2.19. The molecule has 0 N–H and O–H groups in total. The maximum atomic E-state index is 2.40. The molecule has 0 bridgehead atoms. The highest BCUT2D eigenvalue weighted by molar-refractivity contribution is 6.07. The number of aromatic nitrogens is 2. The fraction of sp³-hybridized carbons (Fsp3) is 0.105. The summed E-state index contributed by atoms with van der Waals surface area (Å²) in [7, 11) is 0. The lowest BCUT2D eigenvalue weighted by Crippen LogP contribution is -2.43. The smallest absolute Gasteiger partial charge is 0.227 e. The molecule has 0 spiro atoms. The van der Waals surface area contributed by atoms with E-state index in [4.69, 9.17) is 0 Å². The monoisotopic (exact) mass is 271 g/mol. The summed E-state index contributed by atoms with van der Waals surface area (Å²) in [4.78, 5) is 0. The molecular weight excluding hydrogens is 256 g/mol. The highest BCUT2D eigenvalue weighted by atomic mass is 15.2. The van der Waals surface area contributed by atoms with Crippen LogP contribution in [0, 0.1) is 0 Å². The van der Waals surface area contributed by atoms with Crippen molar-refractivity contribution in [2.75, 3.05) is 0 Å². The summed E-state index contributed by atoms with van der Waals surface area (Å²) < 4.78 is 4.79. The van der Waals surface area contributed by atoms with Gasteiger partial charge in [0, 0.05) is 10.9 Å². The third-order valence-electron chi connectivity index (χ3n) is 4.69. The molecule has 1 atom stereocenters. The Morgan fingerprint density at radius 3 is 2.57 bits per heavy atom. The van der Waals surface area contributed by atoms with Gasteiger partial charge >= 0.3 is 0 Å². The summed E-state index contributed by atoms with van der Waals surface area (Å²) >= 11 is 0. The number of hydrogen-bond acceptors (Lipinski definition) is 0. The van der Waals surface area contributed by atoms with E-state index in [0.717, 1.165) is 0 Å². The van der Waals surface area contributed by atoms with E-state index < -0.39 is 0 Å². The normalized spacial score (nSPS) is 16.3.